The van der Waals surface area contributed by atoms with E-state index in [4.69, 9.17) is 4.74 Å². The molecule has 1 N–H and O–H groups in total. The van der Waals surface area contributed by atoms with E-state index in [1.807, 2.05) is 26.0 Å². The van der Waals surface area contributed by atoms with Crippen molar-refractivity contribution in [3.05, 3.63) is 28.2 Å². The van der Waals surface area contributed by atoms with Gasteiger partial charge in [-0.25, -0.2) is 0 Å². The lowest BCUT2D eigenvalue weighted by Gasteiger charge is -2.31. The molecule has 1 saturated heterocycles. The monoisotopic (exact) mass is 355 g/mol. The largest absolute Gasteiger partial charge is 0.496 e. The molecule has 1 aromatic carbocycles. The molecule has 0 aliphatic carbocycles. The van der Waals surface area contributed by atoms with Crippen LogP contribution in [0.1, 0.15) is 31.9 Å². The number of carboxylic acids is 1. The van der Waals surface area contributed by atoms with E-state index in [0.29, 0.717) is 5.75 Å². The SMILES string of the molecule is COc1ccc(C2C(C(=O)O)CC(=O)N2C(C)C)cc1Br. The fourth-order valence-electron chi connectivity index (χ4n) is 2.85. The second-order valence-corrected chi connectivity index (χ2v) is 6.24. The van der Waals surface area contributed by atoms with Crippen LogP contribution in [0, 0.1) is 5.92 Å². The van der Waals surface area contributed by atoms with Crippen LogP contribution in [-0.2, 0) is 9.59 Å². The number of aliphatic carboxylic acids is 1. The van der Waals surface area contributed by atoms with Crippen molar-refractivity contribution in [2.75, 3.05) is 7.11 Å². The van der Waals surface area contributed by atoms with Gasteiger partial charge in [0.1, 0.15) is 5.75 Å². The van der Waals surface area contributed by atoms with Crippen molar-refractivity contribution in [2.24, 2.45) is 5.92 Å². The minimum absolute atomic E-state index is 0.0435. The molecule has 1 fully saturated rings. The number of halogens is 1. The second kappa shape index (κ2) is 6.05. The number of carbonyl (C=O) groups is 2. The average Bonchev–Trinajstić information content (AvgIpc) is 2.76. The molecule has 0 radical (unpaired) electrons. The first kappa shape index (κ1) is 15.8. The highest BCUT2D eigenvalue weighted by molar-refractivity contribution is 9.10. The Balaban J connectivity index is 2.47. The predicted molar refractivity (Wildman–Crippen MR) is 81.2 cm³/mol. The molecule has 0 saturated carbocycles. The van der Waals surface area contributed by atoms with Gasteiger partial charge in [-0.3, -0.25) is 9.59 Å². The summed E-state index contributed by atoms with van der Waals surface area (Å²) in [5, 5.41) is 9.42. The molecule has 6 heteroatoms. The first-order valence-electron chi connectivity index (χ1n) is 6.74. The number of methoxy groups -OCH3 is 1. The number of benzene rings is 1. The molecule has 5 nitrogen and oxygen atoms in total. The van der Waals surface area contributed by atoms with Crippen molar-refractivity contribution in [1.29, 1.82) is 0 Å². The third-order valence-corrected chi connectivity index (χ3v) is 4.37. The summed E-state index contributed by atoms with van der Waals surface area (Å²) in [5.74, 6) is -1.11. The lowest BCUT2D eigenvalue weighted by atomic mass is 9.93. The maximum absolute atomic E-state index is 12.1. The Kier molecular flexibility index (Phi) is 4.56. The summed E-state index contributed by atoms with van der Waals surface area (Å²) in [6.45, 7) is 3.79. The van der Waals surface area contributed by atoms with Gasteiger partial charge in [-0.05, 0) is 47.5 Å². The topological polar surface area (TPSA) is 66.8 Å². The van der Waals surface area contributed by atoms with E-state index in [1.165, 1.54) is 0 Å². The quantitative estimate of drug-likeness (QED) is 0.901. The van der Waals surface area contributed by atoms with Crippen molar-refractivity contribution in [1.82, 2.24) is 4.90 Å². The molecule has 2 unspecified atom stereocenters. The number of nitrogens with zero attached hydrogens (tertiary/aromatic N) is 1. The molecule has 0 spiro atoms. The van der Waals surface area contributed by atoms with Gasteiger partial charge in [0, 0.05) is 12.5 Å². The van der Waals surface area contributed by atoms with Crippen LogP contribution in [0.3, 0.4) is 0 Å². The summed E-state index contributed by atoms with van der Waals surface area (Å²) in [6, 6.07) is 4.93. The van der Waals surface area contributed by atoms with E-state index >= 15 is 0 Å². The number of hydrogen-bond donors (Lipinski definition) is 1. The summed E-state index contributed by atoms with van der Waals surface area (Å²) in [4.78, 5) is 25.3. The number of carbonyl (C=O) groups excluding carboxylic acids is 1. The molecular weight excluding hydrogens is 338 g/mol. The van der Waals surface area contributed by atoms with Crippen molar-refractivity contribution in [3.8, 4) is 5.75 Å². The molecule has 1 heterocycles. The fraction of sp³-hybridized carbons (Fsp3) is 0.467. The number of rotatable bonds is 4. The van der Waals surface area contributed by atoms with E-state index in [-0.39, 0.29) is 18.4 Å². The molecular formula is C15H18BrNO4. The first-order valence-corrected chi connectivity index (χ1v) is 7.53. The molecule has 0 aromatic heterocycles. The van der Waals surface area contributed by atoms with Crippen molar-refractivity contribution < 1.29 is 19.4 Å². The Morgan fingerprint density at radius 1 is 1.48 bits per heavy atom. The summed E-state index contributed by atoms with van der Waals surface area (Å²) < 4.78 is 5.93. The molecule has 2 rings (SSSR count). The molecule has 1 amide bonds. The maximum Gasteiger partial charge on any atom is 0.309 e. The predicted octanol–water partition coefficient (Wildman–Crippen LogP) is 2.84. The standard InChI is InChI=1S/C15H18BrNO4/c1-8(2)17-13(18)7-10(15(19)20)14(17)9-4-5-12(21-3)11(16)6-9/h4-6,8,10,14H,7H2,1-3H3,(H,19,20). The Labute approximate surface area is 132 Å². The zero-order chi connectivity index (χ0) is 15.7. The highest BCUT2D eigenvalue weighted by Crippen LogP contribution is 2.41. The molecule has 114 valence electrons. The number of amides is 1. The first-order chi connectivity index (χ1) is 9.86. The van der Waals surface area contributed by atoms with Gasteiger partial charge in [0.25, 0.3) is 0 Å². The minimum atomic E-state index is -0.941. The molecule has 0 bridgehead atoms. The third-order valence-electron chi connectivity index (χ3n) is 3.75. The van der Waals surface area contributed by atoms with Gasteiger partial charge in [0.05, 0.1) is 23.5 Å². The van der Waals surface area contributed by atoms with Crippen LogP contribution in [0.4, 0.5) is 0 Å². The van der Waals surface area contributed by atoms with Crippen molar-refractivity contribution >= 4 is 27.8 Å². The highest BCUT2D eigenvalue weighted by Gasteiger charge is 2.45. The Hall–Kier alpha value is -1.56. The zero-order valence-corrected chi connectivity index (χ0v) is 13.8. The molecule has 1 aliphatic heterocycles. The van der Waals surface area contributed by atoms with E-state index in [0.717, 1.165) is 10.0 Å². The summed E-state index contributed by atoms with van der Waals surface area (Å²) in [5.41, 5.74) is 0.801. The maximum atomic E-state index is 12.1. The second-order valence-electron chi connectivity index (χ2n) is 5.38. The van der Waals surface area contributed by atoms with Crippen LogP contribution in [-0.4, -0.2) is 35.0 Å². The Morgan fingerprint density at radius 2 is 2.14 bits per heavy atom. The van der Waals surface area contributed by atoms with Crippen LogP contribution >= 0.6 is 15.9 Å². The van der Waals surface area contributed by atoms with Gasteiger partial charge in [-0.1, -0.05) is 6.07 Å². The normalized spacial score (nSPS) is 22.0. The van der Waals surface area contributed by atoms with E-state index in [9.17, 15) is 14.7 Å². The van der Waals surface area contributed by atoms with Gasteiger partial charge < -0.3 is 14.7 Å². The van der Waals surface area contributed by atoms with Gasteiger partial charge in [-0.2, -0.15) is 0 Å². The fourth-order valence-corrected chi connectivity index (χ4v) is 3.40. The molecule has 1 aromatic rings. The number of carboxylic acid groups (broad SMARTS) is 1. The van der Waals surface area contributed by atoms with Gasteiger partial charge in [0.2, 0.25) is 5.91 Å². The lowest BCUT2D eigenvalue weighted by molar-refractivity contribution is -0.142. The third kappa shape index (κ3) is 2.90. The molecule has 1 aliphatic rings. The summed E-state index contributed by atoms with van der Waals surface area (Å²) in [7, 11) is 1.57. The smallest absolute Gasteiger partial charge is 0.309 e. The molecule has 21 heavy (non-hydrogen) atoms. The Morgan fingerprint density at radius 3 is 2.62 bits per heavy atom. The van der Waals surface area contributed by atoms with Gasteiger partial charge >= 0.3 is 5.97 Å². The van der Waals surface area contributed by atoms with Gasteiger partial charge in [-0.15, -0.1) is 0 Å². The van der Waals surface area contributed by atoms with Crippen molar-refractivity contribution in [2.45, 2.75) is 32.4 Å². The number of ether oxygens (including phenoxy) is 1. The van der Waals surface area contributed by atoms with Crippen molar-refractivity contribution in [3.63, 3.8) is 0 Å². The van der Waals surface area contributed by atoms with Gasteiger partial charge in [0.15, 0.2) is 0 Å². The number of likely N-dealkylation sites (tertiary alicyclic amines) is 1. The van der Waals surface area contributed by atoms with Crippen LogP contribution in [0.5, 0.6) is 5.75 Å². The lowest BCUT2D eigenvalue weighted by Crippen LogP contribution is -2.36. The number of hydrogen-bond acceptors (Lipinski definition) is 3. The van der Waals surface area contributed by atoms with Crippen LogP contribution in [0.15, 0.2) is 22.7 Å². The summed E-state index contributed by atoms with van der Waals surface area (Å²) >= 11 is 3.41. The zero-order valence-electron chi connectivity index (χ0n) is 12.2. The molecule has 2 atom stereocenters. The minimum Gasteiger partial charge on any atom is -0.496 e. The van der Waals surface area contributed by atoms with Crippen LogP contribution < -0.4 is 4.74 Å². The van der Waals surface area contributed by atoms with Crippen LogP contribution in [0.2, 0.25) is 0 Å². The van der Waals surface area contributed by atoms with Crippen LogP contribution in [0.25, 0.3) is 0 Å². The van der Waals surface area contributed by atoms with E-state index in [2.05, 4.69) is 15.9 Å². The average molecular weight is 356 g/mol. The highest BCUT2D eigenvalue weighted by atomic mass is 79.9. The van der Waals surface area contributed by atoms with E-state index in [1.54, 1.807) is 18.1 Å². The Bertz CT molecular complexity index is 573. The summed E-state index contributed by atoms with van der Waals surface area (Å²) in [6.07, 6.45) is 0.0435. The van der Waals surface area contributed by atoms with E-state index < -0.39 is 17.9 Å².